The fraction of sp³-hybridized carbons (Fsp3) is 0.267. The summed E-state index contributed by atoms with van der Waals surface area (Å²) >= 11 is 0. The van der Waals surface area contributed by atoms with E-state index in [1.165, 1.54) is 18.2 Å². The van der Waals surface area contributed by atoms with Crippen LogP contribution in [0.2, 0.25) is 0 Å². The maximum Gasteiger partial charge on any atom is 0.336 e. The van der Waals surface area contributed by atoms with E-state index in [0.29, 0.717) is 0 Å². The van der Waals surface area contributed by atoms with Crippen molar-refractivity contribution in [1.29, 1.82) is 0 Å². The summed E-state index contributed by atoms with van der Waals surface area (Å²) < 4.78 is 5.02. The van der Waals surface area contributed by atoms with Crippen molar-refractivity contribution in [2.75, 3.05) is 6.61 Å². The van der Waals surface area contributed by atoms with Crippen molar-refractivity contribution in [2.24, 2.45) is 0 Å². The molecule has 1 atom stereocenters. The van der Waals surface area contributed by atoms with Crippen LogP contribution in [0.1, 0.15) is 32.7 Å². The van der Waals surface area contributed by atoms with Crippen molar-refractivity contribution in [2.45, 2.75) is 18.9 Å². The summed E-state index contributed by atoms with van der Waals surface area (Å²) in [6.45, 7) is 2.99. The second-order valence-electron chi connectivity index (χ2n) is 4.43. The third-order valence-electron chi connectivity index (χ3n) is 2.94. The van der Waals surface area contributed by atoms with Gasteiger partial charge in [-0.1, -0.05) is 18.7 Å². The molecule has 0 amide bonds. The lowest BCUT2D eigenvalue weighted by Crippen LogP contribution is -2.23. The molecule has 0 aromatic heterocycles. The monoisotopic (exact) mass is 308 g/mol. The van der Waals surface area contributed by atoms with Gasteiger partial charge in [-0.15, -0.1) is 0 Å². The molecule has 118 valence electrons. The maximum absolute atomic E-state index is 11.3. The largest absolute Gasteiger partial charge is 0.478 e. The Labute approximate surface area is 126 Å². The van der Waals surface area contributed by atoms with Crippen molar-refractivity contribution in [3.63, 3.8) is 0 Å². The van der Waals surface area contributed by atoms with Crippen molar-refractivity contribution >= 4 is 17.9 Å². The number of aliphatic hydroxyl groups excluding tert-OH is 1. The number of hydrogen-bond donors (Lipinski definition) is 3. The standard InChI is InChI=1S/C15H16O7/c1-2-12(17)22-10(6-7-16)8-9-4-3-5-11(14(18)19)13(9)15(20)21/h2-5,10,16H,1,6-8H2,(H,18,19)(H,20,21). The first-order chi connectivity index (χ1) is 10.4. The van der Waals surface area contributed by atoms with Gasteiger partial charge in [-0.05, 0) is 11.6 Å². The van der Waals surface area contributed by atoms with Gasteiger partial charge in [-0.25, -0.2) is 14.4 Å². The first-order valence-corrected chi connectivity index (χ1v) is 6.43. The Morgan fingerprint density at radius 2 is 1.91 bits per heavy atom. The lowest BCUT2D eigenvalue weighted by Gasteiger charge is -2.18. The van der Waals surface area contributed by atoms with E-state index in [-0.39, 0.29) is 36.1 Å². The van der Waals surface area contributed by atoms with E-state index in [1.807, 2.05) is 0 Å². The molecular weight excluding hydrogens is 292 g/mol. The van der Waals surface area contributed by atoms with Crippen LogP contribution in [0.4, 0.5) is 0 Å². The Morgan fingerprint density at radius 3 is 2.41 bits per heavy atom. The predicted molar refractivity (Wildman–Crippen MR) is 75.8 cm³/mol. The van der Waals surface area contributed by atoms with Crippen LogP contribution in [0.3, 0.4) is 0 Å². The Hall–Kier alpha value is -2.67. The summed E-state index contributed by atoms with van der Waals surface area (Å²) in [5, 5.41) is 27.3. The third kappa shape index (κ3) is 4.42. The molecular formula is C15H16O7. The number of ether oxygens (including phenoxy) is 1. The second kappa shape index (κ2) is 7.94. The fourth-order valence-electron chi connectivity index (χ4n) is 2.01. The fourth-order valence-corrected chi connectivity index (χ4v) is 2.01. The Kier molecular flexibility index (Phi) is 6.27. The molecule has 0 aliphatic rings. The molecule has 0 saturated heterocycles. The van der Waals surface area contributed by atoms with Gasteiger partial charge >= 0.3 is 17.9 Å². The van der Waals surface area contributed by atoms with Gasteiger partial charge in [0.25, 0.3) is 0 Å². The van der Waals surface area contributed by atoms with Crippen LogP contribution in [-0.4, -0.2) is 45.9 Å². The van der Waals surface area contributed by atoms with Crippen molar-refractivity contribution < 1.29 is 34.4 Å². The van der Waals surface area contributed by atoms with Crippen LogP contribution in [0.25, 0.3) is 0 Å². The highest BCUT2D eigenvalue weighted by Crippen LogP contribution is 2.19. The summed E-state index contributed by atoms with van der Waals surface area (Å²) in [7, 11) is 0. The molecule has 22 heavy (non-hydrogen) atoms. The molecule has 0 saturated carbocycles. The summed E-state index contributed by atoms with van der Waals surface area (Å²) in [4.78, 5) is 33.7. The maximum atomic E-state index is 11.3. The molecule has 1 unspecified atom stereocenters. The van der Waals surface area contributed by atoms with Gasteiger partial charge in [-0.2, -0.15) is 0 Å². The smallest absolute Gasteiger partial charge is 0.336 e. The summed E-state index contributed by atoms with van der Waals surface area (Å²) in [6, 6.07) is 4.05. The lowest BCUT2D eigenvalue weighted by molar-refractivity contribution is -0.143. The molecule has 7 heteroatoms. The molecule has 1 rings (SSSR count). The summed E-state index contributed by atoms with van der Waals surface area (Å²) in [5.74, 6) is -3.45. The van der Waals surface area contributed by atoms with E-state index in [0.717, 1.165) is 6.08 Å². The number of aliphatic hydroxyl groups is 1. The van der Waals surface area contributed by atoms with E-state index >= 15 is 0 Å². The molecule has 0 heterocycles. The van der Waals surface area contributed by atoms with Gasteiger partial charge in [0, 0.05) is 25.5 Å². The summed E-state index contributed by atoms with van der Waals surface area (Å²) in [5.41, 5.74) is -0.488. The van der Waals surface area contributed by atoms with E-state index in [2.05, 4.69) is 6.58 Å². The van der Waals surface area contributed by atoms with E-state index in [1.54, 1.807) is 0 Å². The first-order valence-electron chi connectivity index (χ1n) is 6.43. The van der Waals surface area contributed by atoms with Crippen LogP contribution >= 0.6 is 0 Å². The van der Waals surface area contributed by atoms with Crippen molar-refractivity contribution in [3.05, 3.63) is 47.5 Å². The SMILES string of the molecule is C=CC(=O)OC(CCO)Cc1cccc(C(=O)O)c1C(=O)O. The zero-order chi connectivity index (χ0) is 16.7. The Morgan fingerprint density at radius 1 is 1.23 bits per heavy atom. The minimum atomic E-state index is -1.38. The van der Waals surface area contributed by atoms with Gasteiger partial charge in [0.15, 0.2) is 0 Å². The number of carboxylic acids is 2. The average Bonchev–Trinajstić information content (AvgIpc) is 2.46. The third-order valence-corrected chi connectivity index (χ3v) is 2.94. The quantitative estimate of drug-likeness (QED) is 0.485. The number of carbonyl (C=O) groups is 3. The molecule has 0 spiro atoms. The normalized spacial score (nSPS) is 11.5. The second-order valence-corrected chi connectivity index (χ2v) is 4.43. The number of rotatable bonds is 8. The minimum absolute atomic E-state index is 0.0249. The van der Waals surface area contributed by atoms with Gasteiger partial charge in [-0.3, -0.25) is 0 Å². The molecule has 7 nitrogen and oxygen atoms in total. The number of carbonyl (C=O) groups excluding carboxylic acids is 1. The van der Waals surface area contributed by atoms with Crippen molar-refractivity contribution in [1.82, 2.24) is 0 Å². The van der Waals surface area contributed by atoms with Crippen LogP contribution in [-0.2, 0) is 16.0 Å². The van der Waals surface area contributed by atoms with E-state index < -0.39 is 24.0 Å². The van der Waals surface area contributed by atoms with Gasteiger partial charge in [0.2, 0.25) is 0 Å². The molecule has 1 aromatic carbocycles. The number of hydrogen-bond acceptors (Lipinski definition) is 5. The van der Waals surface area contributed by atoms with E-state index in [4.69, 9.17) is 14.9 Å². The predicted octanol–water partition coefficient (Wildman–Crippen LogP) is 1.11. The molecule has 1 aromatic rings. The zero-order valence-corrected chi connectivity index (χ0v) is 11.7. The number of esters is 1. The van der Waals surface area contributed by atoms with Gasteiger partial charge in [0.05, 0.1) is 11.1 Å². The zero-order valence-electron chi connectivity index (χ0n) is 11.7. The summed E-state index contributed by atoms with van der Waals surface area (Å²) in [6.07, 6.45) is 0.243. The molecule has 0 aliphatic heterocycles. The number of benzene rings is 1. The Balaban J connectivity index is 3.15. The van der Waals surface area contributed by atoms with Gasteiger partial charge in [0.1, 0.15) is 6.10 Å². The van der Waals surface area contributed by atoms with Crippen LogP contribution in [0.15, 0.2) is 30.9 Å². The average molecular weight is 308 g/mol. The lowest BCUT2D eigenvalue weighted by atomic mass is 9.96. The molecule has 0 radical (unpaired) electrons. The number of carboxylic acid groups (broad SMARTS) is 2. The van der Waals surface area contributed by atoms with Crippen LogP contribution in [0, 0.1) is 0 Å². The van der Waals surface area contributed by atoms with Crippen LogP contribution in [0.5, 0.6) is 0 Å². The molecule has 3 N–H and O–H groups in total. The molecule has 0 bridgehead atoms. The highest BCUT2D eigenvalue weighted by molar-refractivity contribution is 6.02. The first kappa shape index (κ1) is 17.4. The molecule has 0 fully saturated rings. The van der Waals surface area contributed by atoms with E-state index in [9.17, 15) is 19.5 Å². The Bertz CT molecular complexity index is 592. The molecule has 0 aliphatic carbocycles. The highest BCUT2D eigenvalue weighted by atomic mass is 16.5. The minimum Gasteiger partial charge on any atom is -0.478 e. The number of aromatic carboxylic acids is 2. The van der Waals surface area contributed by atoms with Crippen LogP contribution < -0.4 is 0 Å². The van der Waals surface area contributed by atoms with Crippen molar-refractivity contribution in [3.8, 4) is 0 Å². The highest BCUT2D eigenvalue weighted by Gasteiger charge is 2.23. The van der Waals surface area contributed by atoms with Gasteiger partial charge < -0.3 is 20.1 Å². The topological polar surface area (TPSA) is 121 Å².